The maximum Gasteiger partial charge on any atom is 0.416 e. The zero-order valence-electron chi connectivity index (χ0n) is 13.4. The summed E-state index contributed by atoms with van der Waals surface area (Å²) in [6.07, 6.45) is -3.57. The molecule has 0 unspecified atom stereocenters. The van der Waals surface area contributed by atoms with Gasteiger partial charge in [0.2, 0.25) is 0 Å². The largest absolute Gasteiger partial charge is 0.416 e. The van der Waals surface area contributed by atoms with Crippen LogP contribution in [0.4, 0.5) is 23.2 Å². The van der Waals surface area contributed by atoms with E-state index in [2.05, 4.69) is 5.32 Å². The third kappa shape index (κ3) is 3.72. The van der Waals surface area contributed by atoms with Crippen molar-refractivity contribution >= 4 is 40.9 Å². The minimum Gasteiger partial charge on any atom is -0.298 e. The van der Waals surface area contributed by atoms with Crippen LogP contribution >= 0.6 is 12.2 Å². The average molecular weight is 394 g/mol. The summed E-state index contributed by atoms with van der Waals surface area (Å²) < 4.78 is 52.6. The summed E-state index contributed by atoms with van der Waals surface area (Å²) in [5, 5.41) is 1.92. The first-order valence-electron chi connectivity index (χ1n) is 7.52. The van der Waals surface area contributed by atoms with E-state index in [9.17, 15) is 27.2 Å². The van der Waals surface area contributed by atoms with Gasteiger partial charge in [0.25, 0.3) is 11.8 Å². The van der Waals surface area contributed by atoms with Crippen LogP contribution in [0.15, 0.2) is 54.1 Å². The number of halogens is 4. The Labute approximate surface area is 156 Å². The van der Waals surface area contributed by atoms with Crippen LogP contribution in [0.25, 0.3) is 6.08 Å². The van der Waals surface area contributed by atoms with Gasteiger partial charge in [-0.3, -0.25) is 14.9 Å². The molecular formula is C18H10F4N2O2S. The van der Waals surface area contributed by atoms with E-state index < -0.39 is 34.9 Å². The molecule has 1 fully saturated rings. The van der Waals surface area contributed by atoms with Gasteiger partial charge in [-0.25, -0.2) is 9.29 Å². The van der Waals surface area contributed by atoms with Crippen LogP contribution in [0.3, 0.4) is 0 Å². The predicted molar refractivity (Wildman–Crippen MR) is 94.0 cm³/mol. The lowest BCUT2D eigenvalue weighted by Gasteiger charge is -2.29. The molecule has 0 atom stereocenters. The fraction of sp³-hybridized carbons (Fsp3) is 0.0556. The minimum absolute atomic E-state index is 0.00960. The number of nitrogens with one attached hydrogen (secondary N) is 1. The molecule has 2 aromatic carbocycles. The monoisotopic (exact) mass is 394 g/mol. The summed E-state index contributed by atoms with van der Waals surface area (Å²) in [6.45, 7) is 0. The van der Waals surface area contributed by atoms with E-state index in [1.54, 1.807) is 0 Å². The molecule has 0 saturated carbocycles. The van der Waals surface area contributed by atoms with Gasteiger partial charge in [-0.2, -0.15) is 13.2 Å². The van der Waals surface area contributed by atoms with Crippen molar-refractivity contribution in [2.75, 3.05) is 4.90 Å². The van der Waals surface area contributed by atoms with Gasteiger partial charge in [0.1, 0.15) is 11.4 Å². The number of carbonyl (C=O) groups excluding carboxylic acids is 2. The van der Waals surface area contributed by atoms with Gasteiger partial charge in [-0.05, 0) is 48.1 Å². The Bertz CT molecular complexity index is 985. The molecule has 9 heteroatoms. The zero-order valence-corrected chi connectivity index (χ0v) is 14.2. The third-order valence-corrected chi connectivity index (χ3v) is 4.00. The molecule has 1 aliphatic heterocycles. The molecule has 2 aromatic rings. The first-order chi connectivity index (χ1) is 12.7. The highest BCUT2D eigenvalue weighted by atomic mass is 32.1. The topological polar surface area (TPSA) is 49.4 Å². The molecule has 1 saturated heterocycles. The van der Waals surface area contributed by atoms with Crippen molar-refractivity contribution in [3.05, 3.63) is 71.0 Å². The van der Waals surface area contributed by atoms with Crippen LogP contribution in [0.2, 0.25) is 0 Å². The standard InChI is InChI=1S/C18H10F4N2O2S/c19-13-6-1-2-7-14(13)24-16(26)12(15(25)23-17(24)27)9-10-4-3-5-11(8-10)18(20,21)22/h1-9H,(H,23,25,27)/b12-9+. The maximum atomic E-state index is 14.0. The Balaban J connectivity index is 2.04. The van der Waals surface area contributed by atoms with Gasteiger partial charge in [0, 0.05) is 0 Å². The number of anilines is 1. The predicted octanol–water partition coefficient (Wildman–Crippen LogP) is 3.68. The molecule has 138 valence electrons. The Morgan fingerprint density at radius 2 is 1.74 bits per heavy atom. The minimum atomic E-state index is -4.58. The van der Waals surface area contributed by atoms with Gasteiger partial charge in [-0.1, -0.05) is 24.3 Å². The summed E-state index contributed by atoms with van der Waals surface area (Å²) in [7, 11) is 0. The number of rotatable bonds is 2. The van der Waals surface area contributed by atoms with E-state index in [4.69, 9.17) is 12.2 Å². The number of carbonyl (C=O) groups is 2. The average Bonchev–Trinajstić information content (AvgIpc) is 2.59. The van der Waals surface area contributed by atoms with E-state index >= 15 is 0 Å². The fourth-order valence-corrected chi connectivity index (χ4v) is 2.75. The van der Waals surface area contributed by atoms with Crippen molar-refractivity contribution in [3.8, 4) is 0 Å². The van der Waals surface area contributed by atoms with Crippen molar-refractivity contribution in [3.63, 3.8) is 0 Å². The molecule has 1 N–H and O–H groups in total. The Morgan fingerprint density at radius 3 is 2.41 bits per heavy atom. The first kappa shape index (κ1) is 18.7. The molecule has 0 radical (unpaired) electrons. The lowest BCUT2D eigenvalue weighted by molar-refractivity contribution is -0.137. The molecular weight excluding hydrogens is 384 g/mol. The number of thiocarbonyl (C=S) groups is 1. The van der Waals surface area contributed by atoms with Crippen LogP contribution in [0, 0.1) is 5.82 Å². The number of amides is 2. The SMILES string of the molecule is O=C1NC(=S)N(c2ccccc2F)C(=O)/C1=C/c1cccc(C(F)(F)F)c1. The van der Waals surface area contributed by atoms with Crippen LogP contribution in [-0.4, -0.2) is 16.9 Å². The van der Waals surface area contributed by atoms with Gasteiger partial charge >= 0.3 is 6.18 Å². The van der Waals surface area contributed by atoms with Gasteiger partial charge < -0.3 is 0 Å². The number of benzene rings is 2. The van der Waals surface area contributed by atoms with Crippen molar-refractivity contribution in [1.82, 2.24) is 5.32 Å². The Hall–Kier alpha value is -3.07. The van der Waals surface area contributed by atoms with E-state index in [0.717, 1.165) is 35.2 Å². The van der Waals surface area contributed by atoms with Crippen molar-refractivity contribution < 1.29 is 27.2 Å². The molecule has 3 rings (SSSR count). The smallest absolute Gasteiger partial charge is 0.298 e. The van der Waals surface area contributed by atoms with E-state index in [-0.39, 0.29) is 16.4 Å². The maximum absolute atomic E-state index is 14.0. The van der Waals surface area contributed by atoms with Crippen molar-refractivity contribution in [2.24, 2.45) is 0 Å². The third-order valence-electron chi connectivity index (χ3n) is 3.72. The van der Waals surface area contributed by atoms with Crippen molar-refractivity contribution in [2.45, 2.75) is 6.18 Å². The number of alkyl halides is 3. The van der Waals surface area contributed by atoms with Gasteiger partial charge in [-0.15, -0.1) is 0 Å². The second kappa shape index (κ2) is 6.92. The number of hydrogen-bond acceptors (Lipinski definition) is 3. The molecule has 0 aliphatic carbocycles. The highest BCUT2D eigenvalue weighted by Crippen LogP contribution is 2.30. The summed E-state index contributed by atoms with van der Waals surface area (Å²) >= 11 is 4.94. The number of nitrogens with zero attached hydrogens (tertiary/aromatic N) is 1. The Morgan fingerprint density at radius 1 is 1.04 bits per heavy atom. The summed E-state index contributed by atoms with van der Waals surface area (Å²) in [5.74, 6) is -2.57. The molecule has 0 spiro atoms. The van der Waals surface area contributed by atoms with Gasteiger partial charge in [0.05, 0.1) is 11.3 Å². The highest BCUT2D eigenvalue weighted by molar-refractivity contribution is 7.80. The van der Waals surface area contributed by atoms with Crippen molar-refractivity contribution in [1.29, 1.82) is 0 Å². The molecule has 0 aromatic heterocycles. The number of para-hydroxylation sites is 1. The molecule has 0 bridgehead atoms. The molecule has 27 heavy (non-hydrogen) atoms. The fourth-order valence-electron chi connectivity index (χ4n) is 2.48. The quantitative estimate of drug-likeness (QED) is 0.366. The summed E-state index contributed by atoms with van der Waals surface area (Å²) in [6, 6.07) is 9.41. The van der Waals surface area contributed by atoms with Crippen LogP contribution in [0.5, 0.6) is 0 Å². The van der Waals surface area contributed by atoms with E-state index in [1.165, 1.54) is 24.3 Å². The first-order valence-corrected chi connectivity index (χ1v) is 7.92. The molecule has 2 amide bonds. The van der Waals surface area contributed by atoms with Crippen LogP contribution in [-0.2, 0) is 15.8 Å². The lowest BCUT2D eigenvalue weighted by atomic mass is 10.0. The van der Waals surface area contributed by atoms with Gasteiger partial charge in [0.15, 0.2) is 5.11 Å². The molecule has 4 nitrogen and oxygen atoms in total. The van der Waals surface area contributed by atoms with Crippen LogP contribution in [0.1, 0.15) is 11.1 Å². The molecule has 1 aliphatic rings. The zero-order chi connectivity index (χ0) is 19.8. The highest BCUT2D eigenvalue weighted by Gasteiger charge is 2.36. The summed E-state index contributed by atoms with van der Waals surface area (Å²) in [4.78, 5) is 25.6. The van der Waals surface area contributed by atoms with E-state index in [1.807, 2.05) is 0 Å². The second-order valence-corrected chi connectivity index (χ2v) is 5.92. The van der Waals surface area contributed by atoms with E-state index in [0.29, 0.717) is 0 Å². The Kier molecular flexibility index (Phi) is 4.79. The number of hydrogen-bond donors (Lipinski definition) is 1. The molecule has 1 heterocycles. The normalized spacial score (nSPS) is 16.7. The summed E-state index contributed by atoms with van der Waals surface area (Å²) in [5.41, 5.74) is -1.58. The lowest BCUT2D eigenvalue weighted by Crippen LogP contribution is -2.54. The van der Waals surface area contributed by atoms with Crippen LogP contribution < -0.4 is 10.2 Å². The second-order valence-electron chi connectivity index (χ2n) is 5.53.